The van der Waals surface area contributed by atoms with E-state index >= 15 is 0 Å². The number of carbonyl (C=O) groups excluding carboxylic acids is 3. The van der Waals surface area contributed by atoms with E-state index in [9.17, 15) is 19.5 Å². The van der Waals surface area contributed by atoms with E-state index in [1.54, 1.807) is 21.9 Å². The molecule has 0 spiro atoms. The molecule has 0 bridgehead atoms. The lowest BCUT2D eigenvalue weighted by atomic mass is 9.96. The van der Waals surface area contributed by atoms with Crippen molar-refractivity contribution >= 4 is 34.2 Å². The van der Waals surface area contributed by atoms with Gasteiger partial charge in [-0.1, -0.05) is 48.5 Å². The highest BCUT2D eigenvalue weighted by atomic mass is 16.3. The number of aromatic hydroxyl groups is 1. The smallest absolute Gasteiger partial charge is 0.258 e. The van der Waals surface area contributed by atoms with Crippen molar-refractivity contribution in [1.29, 1.82) is 0 Å². The Kier molecular flexibility index (Phi) is 6.40. The Hall–Kier alpha value is -3.87. The van der Waals surface area contributed by atoms with Crippen LogP contribution in [0.25, 0.3) is 10.8 Å². The zero-order valence-corrected chi connectivity index (χ0v) is 19.5. The number of piperidine rings is 1. The molecular weight excluding hydrogens is 442 g/mol. The van der Waals surface area contributed by atoms with E-state index in [1.807, 2.05) is 54.6 Å². The average molecular weight is 472 g/mol. The maximum absolute atomic E-state index is 13.5. The van der Waals surface area contributed by atoms with E-state index in [0.717, 1.165) is 30.3 Å². The fourth-order valence-electron chi connectivity index (χ4n) is 5.22. The summed E-state index contributed by atoms with van der Waals surface area (Å²) in [6, 6.07) is 19.5. The summed E-state index contributed by atoms with van der Waals surface area (Å²) in [5.74, 6) is -0.883. The lowest BCUT2D eigenvalue weighted by Crippen LogP contribution is -2.51. The van der Waals surface area contributed by atoms with E-state index in [1.165, 1.54) is 0 Å². The summed E-state index contributed by atoms with van der Waals surface area (Å²) in [5.41, 5.74) is 0.950. The van der Waals surface area contributed by atoms with Crippen LogP contribution in [-0.4, -0.2) is 58.3 Å². The predicted octanol–water partition coefficient (Wildman–Crippen LogP) is 4.03. The Morgan fingerprint density at radius 1 is 0.857 bits per heavy atom. The van der Waals surface area contributed by atoms with Gasteiger partial charge in [-0.2, -0.15) is 0 Å². The molecule has 7 heteroatoms. The van der Waals surface area contributed by atoms with Crippen LogP contribution in [0.5, 0.6) is 5.75 Å². The van der Waals surface area contributed by atoms with Crippen LogP contribution in [0.1, 0.15) is 36.0 Å². The van der Waals surface area contributed by atoms with E-state index < -0.39 is 6.04 Å². The monoisotopic (exact) mass is 471 g/mol. The maximum Gasteiger partial charge on any atom is 0.258 e. The number of nitrogens with zero attached hydrogens (tertiary/aromatic N) is 2. The second-order valence-electron chi connectivity index (χ2n) is 9.32. The molecule has 180 valence electrons. The Morgan fingerprint density at radius 3 is 2.43 bits per heavy atom. The first-order chi connectivity index (χ1) is 17.0. The molecule has 3 aromatic carbocycles. The molecule has 0 radical (unpaired) electrons. The first-order valence-electron chi connectivity index (χ1n) is 12.2. The van der Waals surface area contributed by atoms with Gasteiger partial charge in [0.05, 0.1) is 11.5 Å². The summed E-state index contributed by atoms with van der Waals surface area (Å²) in [7, 11) is 0. The van der Waals surface area contributed by atoms with Gasteiger partial charge in [-0.05, 0) is 49.3 Å². The largest absolute Gasteiger partial charge is 0.506 e. The van der Waals surface area contributed by atoms with Crippen LogP contribution in [0.2, 0.25) is 0 Å². The molecule has 3 amide bonds. The zero-order valence-electron chi connectivity index (χ0n) is 19.5. The van der Waals surface area contributed by atoms with Gasteiger partial charge >= 0.3 is 0 Å². The van der Waals surface area contributed by atoms with Crippen LogP contribution in [0.4, 0.5) is 5.69 Å². The van der Waals surface area contributed by atoms with E-state index in [-0.39, 0.29) is 35.0 Å². The number of rotatable bonds is 4. The number of para-hydroxylation sites is 1. The summed E-state index contributed by atoms with van der Waals surface area (Å²) in [5, 5.41) is 15.2. The third-order valence-corrected chi connectivity index (χ3v) is 7.07. The fraction of sp³-hybridized carbons (Fsp3) is 0.321. The van der Waals surface area contributed by atoms with Crippen molar-refractivity contribution in [2.24, 2.45) is 5.92 Å². The molecule has 7 nitrogen and oxygen atoms in total. The van der Waals surface area contributed by atoms with Crippen molar-refractivity contribution in [3.63, 3.8) is 0 Å². The lowest BCUT2D eigenvalue weighted by Gasteiger charge is -2.35. The molecule has 3 aromatic rings. The van der Waals surface area contributed by atoms with Crippen LogP contribution in [0.15, 0.2) is 66.7 Å². The molecular formula is C28H29N3O4. The molecule has 5 rings (SSSR count). The van der Waals surface area contributed by atoms with Crippen molar-refractivity contribution in [3.05, 3.63) is 72.3 Å². The summed E-state index contributed by atoms with van der Waals surface area (Å²) in [6.07, 6.45) is 2.77. The Balaban J connectivity index is 1.29. The summed E-state index contributed by atoms with van der Waals surface area (Å²) < 4.78 is 0. The van der Waals surface area contributed by atoms with Crippen molar-refractivity contribution in [2.45, 2.75) is 31.7 Å². The molecule has 2 unspecified atom stereocenters. The second kappa shape index (κ2) is 9.78. The van der Waals surface area contributed by atoms with Gasteiger partial charge in [0.25, 0.3) is 5.91 Å². The van der Waals surface area contributed by atoms with Gasteiger partial charge in [0.2, 0.25) is 11.8 Å². The highest BCUT2D eigenvalue weighted by Crippen LogP contribution is 2.32. The highest BCUT2D eigenvalue weighted by molar-refractivity contribution is 6.05. The number of hydrogen-bond donors (Lipinski definition) is 2. The molecule has 2 aliphatic heterocycles. The van der Waals surface area contributed by atoms with Crippen LogP contribution < -0.4 is 5.32 Å². The van der Waals surface area contributed by atoms with Crippen LogP contribution >= 0.6 is 0 Å². The molecule has 0 aromatic heterocycles. The molecule has 2 fully saturated rings. The molecule has 2 N–H and O–H groups in total. The number of anilines is 1. The van der Waals surface area contributed by atoms with E-state index in [4.69, 9.17) is 0 Å². The van der Waals surface area contributed by atoms with Crippen LogP contribution in [0.3, 0.4) is 0 Å². The van der Waals surface area contributed by atoms with Crippen LogP contribution in [0, 0.1) is 5.92 Å². The van der Waals surface area contributed by atoms with Crippen molar-refractivity contribution in [1.82, 2.24) is 9.80 Å². The highest BCUT2D eigenvalue weighted by Gasteiger charge is 2.39. The zero-order chi connectivity index (χ0) is 24.4. The number of likely N-dealkylation sites (tertiary alicyclic amines) is 2. The van der Waals surface area contributed by atoms with Crippen molar-refractivity contribution in [3.8, 4) is 5.75 Å². The fourth-order valence-corrected chi connectivity index (χ4v) is 5.22. The molecule has 2 aliphatic rings. The molecule has 2 heterocycles. The van der Waals surface area contributed by atoms with Gasteiger partial charge in [-0.3, -0.25) is 14.4 Å². The summed E-state index contributed by atoms with van der Waals surface area (Å²) in [4.78, 5) is 43.1. The molecule has 2 atom stereocenters. The number of amides is 3. The second-order valence-corrected chi connectivity index (χ2v) is 9.32. The van der Waals surface area contributed by atoms with Gasteiger partial charge in [-0.15, -0.1) is 0 Å². The third-order valence-electron chi connectivity index (χ3n) is 7.07. The number of carbonyl (C=O) groups is 3. The Labute approximate surface area is 204 Å². The first kappa shape index (κ1) is 22.9. The third kappa shape index (κ3) is 4.58. The quantitative estimate of drug-likeness (QED) is 0.601. The summed E-state index contributed by atoms with van der Waals surface area (Å²) in [6.45, 7) is 1.39. The van der Waals surface area contributed by atoms with Gasteiger partial charge in [0.1, 0.15) is 11.8 Å². The Morgan fingerprint density at radius 2 is 1.60 bits per heavy atom. The first-order valence-corrected chi connectivity index (χ1v) is 12.2. The average Bonchev–Trinajstić information content (AvgIpc) is 3.39. The predicted molar refractivity (Wildman–Crippen MR) is 134 cm³/mol. The summed E-state index contributed by atoms with van der Waals surface area (Å²) >= 11 is 0. The number of phenolic OH excluding ortho intramolecular Hbond substituents is 1. The minimum Gasteiger partial charge on any atom is -0.506 e. The Bertz CT molecular complexity index is 1260. The number of fused-ring (bicyclic) bond motifs is 1. The standard InChI is InChI=1S/C28H29N3O4/c32-25-22-12-5-4-8-19(22)14-15-23(25)27(34)31-17-7-13-24(31)28(35)30-16-6-9-20(18-30)26(33)29-21-10-2-1-3-11-21/h1-5,8,10-12,14-15,20,24,32H,6-7,9,13,16-18H2,(H,29,33). The SMILES string of the molecule is O=C(Nc1ccccc1)C1CCCN(C(=O)C2CCCN2C(=O)c2ccc3ccccc3c2O)C1. The van der Waals surface area contributed by atoms with Gasteiger partial charge in [0, 0.05) is 30.7 Å². The van der Waals surface area contributed by atoms with Gasteiger partial charge < -0.3 is 20.2 Å². The van der Waals surface area contributed by atoms with Gasteiger partial charge in [0.15, 0.2) is 0 Å². The van der Waals surface area contributed by atoms with Crippen LogP contribution in [-0.2, 0) is 9.59 Å². The maximum atomic E-state index is 13.5. The minimum atomic E-state index is -0.579. The van der Waals surface area contributed by atoms with E-state index in [2.05, 4.69) is 5.32 Å². The van der Waals surface area contributed by atoms with Crippen molar-refractivity contribution < 1.29 is 19.5 Å². The van der Waals surface area contributed by atoms with Crippen molar-refractivity contribution in [2.75, 3.05) is 25.0 Å². The normalized spacial score (nSPS) is 20.1. The minimum absolute atomic E-state index is 0.0539. The lowest BCUT2D eigenvalue weighted by molar-refractivity contribution is -0.138. The number of phenols is 1. The topological polar surface area (TPSA) is 90.0 Å². The molecule has 0 saturated carbocycles. The molecule has 0 aliphatic carbocycles. The molecule has 2 saturated heterocycles. The number of nitrogens with one attached hydrogen (secondary N) is 1. The number of benzene rings is 3. The number of hydrogen-bond acceptors (Lipinski definition) is 4. The molecule has 35 heavy (non-hydrogen) atoms. The van der Waals surface area contributed by atoms with E-state index in [0.29, 0.717) is 31.4 Å². The van der Waals surface area contributed by atoms with Gasteiger partial charge in [-0.25, -0.2) is 0 Å².